The van der Waals surface area contributed by atoms with Crippen molar-refractivity contribution in [2.45, 2.75) is 25.3 Å². The van der Waals surface area contributed by atoms with Crippen LogP contribution in [0.3, 0.4) is 0 Å². The summed E-state index contributed by atoms with van der Waals surface area (Å²) in [6, 6.07) is 3.60. The number of azide groups is 1. The lowest BCUT2D eigenvalue weighted by atomic mass is 9.92. The van der Waals surface area contributed by atoms with Crippen molar-refractivity contribution in [3.05, 3.63) is 39.0 Å². The number of aromatic nitrogens is 1. The number of pyridine rings is 1. The maximum atomic E-state index is 8.41. The van der Waals surface area contributed by atoms with Crippen LogP contribution < -0.4 is 0 Å². The van der Waals surface area contributed by atoms with E-state index in [4.69, 9.17) is 17.1 Å². The van der Waals surface area contributed by atoms with Crippen molar-refractivity contribution in [1.29, 1.82) is 0 Å². The van der Waals surface area contributed by atoms with Crippen LogP contribution in [0.1, 0.15) is 30.1 Å². The molecule has 0 saturated carbocycles. The Kier molecular flexibility index (Phi) is 2.57. The van der Waals surface area contributed by atoms with E-state index in [1.807, 2.05) is 6.07 Å². The van der Waals surface area contributed by atoms with Crippen LogP contribution in [0, 0.1) is 0 Å². The van der Waals surface area contributed by atoms with E-state index in [0.717, 1.165) is 30.5 Å². The predicted molar refractivity (Wildman–Crippen MR) is 54.1 cm³/mol. The SMILES string of the molecule is [N-]=[N+]=NC1CCCc2ccc(Cl)nc21. The molecule has 1 aliphatic rings. The summed E-state index contributed by atoms with van der Waals surface area (Å²) >= 11 is 5.80. The summed E-state index contributed by atoms with van der Waals surface area (Å²) in [7, 11) is 0. The third-order valence-corrected chi connectivity index (χ3v) is 2.62. The number of halogens is 1. The van der Waals surface area contributed by atoms with Gasteiger partial charge in [0.1, 0.15) is 5.15 Å². The molecule has 4 nitrogen and oxygen atoms in total. The normalized spacial score (nSPS) is 19.6. The summed E-state index contributed by atoms with van der Waals surface area (Å²) in [5, 5.41) is 4.19. The van der Waals surface area contributed by atoms with Gasteiger partial charge in [-0.2, -0.15) is 0 Å². The lowest BCUT2D eigenvalue weighted by Crippen LogP contribution is -2.09. The fourth-order valence-corrected chi connectivity index (χ4v) is 1.93. The summed E-state index contributed by atoms with van der Waals surface area (Å²) in [5.41, 5.74) is 10.4. The zero-order valence-corrected chi connectivity index (χ0v) is 8.28. The predicted octanol–water partition coefficient (Wildman–Crippen LogP) is 3.42. The smallest absolute Gasteiger partial charge is 0.129 e. The van der Waals surface area contributed by atoms with Crippen molar-refractivity contribution < 1.29 is 0 Å². The minimum absolute atomic E-state index is 0.137. The molecule has 0 saturated heterocycles. The molecule has 0 N–H and O–H groups in total. The Morgan fingerprint density at radius 2 is 2.43 bits per heavy atom. The standard InChI is InChI=1S/C9H9ClN4/c10-8-5-4-6-2-1-3-7(13-14-11)9(6)12-8/h4-5,7H,1-3H2. The van der Waals surface area contributed by atoms with Gasteiger partial charge < -0.3 is 0 Å². The number of hydrogen-bond acceptors (Lipinski definition) is 2. The molecule has 0 fully saturated rings. The van der Waals surface area contributed by atoms with Crippen molar-refractivity contribution in [3.8, 4) is 0 Å². The van der Waals surface area contributed by atoms with Crippen LogP contribution in [0.5, 0.6) is 0 Å². The molecule has 1 atom stereocenters. The third-order valence-electron chi connectivity index (χ3n) is 2.41. The molecule has 5 heteroatoms. The van der Waals surface area contributed by atoms with Crippen LogP contribution in [0.15, 0.2) is 17.2 Å². The second-order valence-corrected chi connectivity index (χ2v) is 3.68. The van der Waals surface area contributed by atoms with Gasteiger partial charge >= 0.3 is 0 Å². The van der Waals surface area contributed by atoms with Gasteiger partial charge in [-0.25, -0.2) is 4.98 Å². The number of nitrogens with zero attached hydrogens (tertiary/aromatic N) is 4. The number of rotatable bonds is 1. The zero-order valence-electron chi connectivity index (χ0n) is 7.52. The molecule has 0 aromatic carbocycles. The minimum atomic E-state index is -0.137. The summed E-state index contributed by atoms with van der Waals surface area (Å²) in [5.74, 6) is 0. The zero-order chi connectivity index (χ0) is 9.97. The van der Waals surface area contributed by atoms with Crippen LogP contribution in [0.2, 0.25) is 5.15 Å². The van der Waals surface area contributed by atoms with Crippen molar-refractivity contribution in [1.82, 2.24) is 4.98 Å². The summed E-state index contributed by atoms with van der Waals surface area (Å²) < 4.78 is 0. The topological polar surface area (TPSA) is 61.7 Å². The van der Waals surface area contributed by atoms with Gasteiger partial charge in [0.05, 0.1) is 11.7 Å². The first-order valence-electron chi connectivity index (χ1n) is 4.51. The van der Waals surface area contributed by atoms with E-state index in [1.165, 1.54) is 0 Å². The molecule has 1 aromatic heterocycles. The van der Waals surface area contributed by atoms with Crippen LogP contribution >= 0.6 is 11.6 Å². The number of hydrogen-bond donors (Lipinski definition) is 0. The van der Waals surface area contributed by atoms with Gasteiger partial charge in [0, 0.05) is 4.91 Å². The second-order valence-electron chi connectivity index (χ2n) is 3.29. The maximum absolute atomic E-state index is 8.41. The molecule has 1 aromatic rings. The molecule has 0 amide bonds. The van der Waals surface area contributed by atoms with Gasteiger partial charge in [-0.15, -0.1) is 0 Å². The maximum Gasteiger partial charge on any atom is 0.129 e. The molecule has 2 rings (SSSR count). The molecule has 14 heavy (non-hydrogen) atoms. The van der Waals surface area contributed by atoms with E-state index in [-0.39, 0.29) is 6.04 Å². The molecule has 0 bridgehead atoms. The molecule has 1 unspecified atom stereocenters. The lowest BCUT2D eigenvalue weighted by Gasteiger charge is -2.20. The van der Waals surface area contributed by atoms with Crippen molar-refractivity contribution in [3.63, 3.8) is 0 Å². The first-order valence-corrected chi connectivity index (χ1v) is 4.88. The highest BCUT2D eigenvalue weighted by molar-refractivity contribution is 6.29. The largest absolute Gasteiger partial charge is 0.240 e. The third kappa shape index (κ3) is 1.67. The van der Waals surface area contributed by atoms with E-state index in [9.17, 15) is 0 Å². The van der Waals surface area contributed by atoms with Crippen molar-refractivity contribution >= 4 is 11.6 Å². The number of aryl methyl sites for hydroxylation is 1. The molecule has 0 radical (unpaired) electrons. The van der Waals surface area contributed by atoms with Crippen LogP contribution in [-0.4, -0.2) is 4.98 Å². The Morgan fingerprint density at radius 3 is 3.21 bits per heavy atom. The quantitative estimate of drug-likeness (QED) is 0.302. The Labute approximate surface area is 86.5 Å². The fraction of sp³-hybridized carbons (Fsp3) is 0.444. The Balaban J connectivity index is 2.46. The Hall–Kier alpha value is -1.25. The van der Waals surface area contributed by atoms with Crippen LogP contribution in [0.25, 0.3) is 10.4 Å². The summed E-state index contributed by atoms with van der Waals surface area (Å²) in [6.07, 6.45) is 2.90. The van der Waals surface area contributed by atoms with E-state index in [1.54, 1.807) is 6.07 Å². The van der Waals surface area contributed by atoms with Crippen LogP contribution in [-0.2, 0) is 6.42 Å². The van der Waals surface area contributed by atoms with Crippen molar-refractivity contribution in [2.24, 2.45) is 5.11 Å². The highest BCUT2D eigenvalue weighted by atomic mass is 35.5. The van der Waals surface area contributed by atoms with E-state index >= 15 is 0 Å². The van der Waals surface area contributed by atoms with Gasteiger partial charge in [-0.3, -0.25) is 0 Å². The molecule has 0 aliphatic heterocycles. The minimum Gasteiger partial charge on any atom is -0.240 e. The molecule has 1 heterocycles. The summed E-state index contributed by atoms with van der Waals surface area (Å²) in [4.78, 5) is 7.04. The first kappa shape index (κ1) is 9.31. The molecular formula is C9H9ClN4. The molecule has 0 spiro atoms. The van der Waals surface area contributed by atoms with Crippen molar-refractivity contribution in [2.75, 3.05) is 0 Å². The highest BCUT2D eigenvalue weighted by Crippen LogP contribution is 2.31. The van der Waals surface area contributed by atoms with E-state index in [2.05, 4.69) is 15.0 Å². The van der Waals surface area contributed by atoms with Gasteiger partial charge in [-0.05, 0) is 36.4 Å². The summed E-state index contributed by atoms with van der Waals surface area (Å²) in [6.45, 7) is 0. The molecule has 1 aliphatic carbocycles. The van der Waals surface area contributed by atoms with E-state index in [0.29, 0.717) is 5.15 Å². The molecular weight excluding hydrogens is 200 g/mol. The fourth-order valence-electron chi connectivity index (χ4n) is 1.78. The van der Waals surface area contributed by atoms with E-state index < -0.39 is 0 Å². The van der Waals surface area contributed by atoms with Gasteiger partial charge in [-0.1, -0.05) is 22.8 Å². The van der Waals surface area contributed by atoms with Gasteiger partial charge in [0.15, 0.2) is 0 Å². The first-order chi connectivity index (χ1) is 6.81. The molecule has 72 valence electrons. The van der Waals surface area contributed by atoms with Gasteiger partial charge in [0.2, 0.25) is 0 Å². The second kappa shape index (κ2) is 3.86. The number of fused-ring (bicyclic) bond motifs is 1. The van der Waals surface area contributed by atoms with Gasteiger partial charge in [0.25, 0.3) is 0 Å². The monoisotopic (exact) mass is 208 g/mol. The Bertz CT molecular complexity index is 398. The average molecular weight is 209 g/mol. The average Bonchev–Trinajstić information content (AvgIpc) is 2.19. The Morgan fingerprint density at radius 1 is 1.57 bits per heavy atom. The lowest BCUT2D eigenvalue weighted by molar-refractivity contribution is 0.552. The highest BCUT2D eigenvalue weighted by Gasteiger charge is 2.20. The van der Waals surface area contributed by atoms with Crippen LogP contribution in [0.4, 0.5) is 0 Å².